The summed E-state index contributed by atoms with van der Waals surface area (Å²) in [6.45, 7) is 6.67. The molecule has 0 aromatic carbocycles. The topological polar surface area (TPSA) is 35.2 Å². The summed E-state index contributed by atoms with van der Waals surface area (Å²) in [5.41, 5.74) is 7.55. The number of rotatable bonds is 0. The van der Waals surface area contributed by atoms with E-state index in [0.717, 1.165) is 5.70 Å². The zero-order valence-electron chi connectivity index (χ0n) is 6.19. The number of hydrogen-bond donors (Lipinski definition) is 1. The Morgan fingerprint density at radius 1 is 1.56 bits per heavy atom. The van der Waals surface area contributed by atoms with Crippen molar-refractivity contribution in [2.75, 3.05) is 6.61 Å². The highest BCUT2D eigenvalue weighted by Crippen LogP contribution is 2.26. The third-order valence-electron chi connectivity index (χ3n) is 1.76. The van der Waals surface area contributed by atoms with Gasteiger partial charge in [0.25, 0.3) is 0 Å². The van der Waals surface area contributed by atoms with Gasteiger partial charge in [-0.25, -0.2) is 0 Å². The Bertz CT molecular complexity index is 158. The van der Waals surface area contributed by atoms with Crippen LogP contribution in [0.3, 0.4) is 0 Å². The fraction of sp³-hybridized carbons (Fsp3) is 0.714. The quantitative estimate of drug-likeness (QED) is 0.527. The van der Waals surface area contributed by atoms with Crippen LogP contribution in [-0.2, 0) is 4.74 Å². The second-order valence-corrected chi connectivity index (χ2v) is 2.99. The smallest absolute Gasteiger partial charge is 0.102 e. The monoisotopic (exact) mass is 127 g/mol. The standard InChI is InChI=1S/C7H13NO/c1-5-4-9-7(2,3)6(5)8/h4,8H2,1-3H3. The molecule has 1 rings (SSSR count). The van der Waals surface area contributed by atoms with Gasteiger partial charge < -0.3 is 10.5 Å². The van der Waals surface area contributed by atoms with E-state index in [1.165, 1.54) is 5.57 Å². The first-order valence-corrected chi connectivity index (χ1v) is 3.14. The minimum absolute atomic E-state index is 0.218. The molecule has 0 saturated carbocycles. The molecule has 0 atom stereocenters. The lowest BCUT2D eigenvalue weighted by atomic mass is 10.1. The lowest BCUT2D eigenvalue weighted by molar-refractivity contribution is 0.0476. The predicted octanol–water partition coefficient (Wildman–Crippen LogP) is 1.03. The first-order valence-electron chi connectivity index (χ1n) is 3.14. The summed E-state index contributed by atoms with van der Waals surface area (Å²) in [6, 6.07) is 0. The van der Waals surface area contributed by atoms with Gasteiger partial charge >= 0.3 is 0 Å². The Balaban J connectivity index is 2.88. The predicted molar refractivity (Wildman–Crippen MR) is 36.9 cm³/mol. The highest BCUT2D eigenvalue weighted by Gasteiger charge is 2.29. The van der Waals surface area contributed by atoms with Crippen LogP contribution in [0.5, 0.6) is 0 Å². The largest absolute Gasteiger partial charge is 0.400 e. The minimum Gasteiger partial charge on any atom is -0.400 e. The Kier molecular flexibility index (Phi) is 1.28. The van der Waals surface area contributed by atoms with Gasteiger partial charge in [-0.15, -0.1) is 0 Å². The maximum absolute atomic E-state index is 5.71. The maximum Gasteiger partial charge on any atom is 0.102 e. The van der Waals surface area contributed by atoms with Crippen molar-refractivity contribution in [1.82, 2.24) is 0 Å². The highest BCUT2D eigenvalue weighted by molar-refractivity contribution is 5.22. The molecule has 0 aromatic rings. The maximum atomic E-state index is 5.71. The van der Waals surface area contributed by atoms with Crippen molar-refractivity contribution in [3.8, 4) is 0 Å². The third-order valence-corrected chi connectivity index (χ3v) is 1.76. The SMILES string of the molecule is CC1=C(N)C(C)(C)OC1. The van der Waals surface area contributed by atoms with E-state index in [2.05, 4.69) is 0 Å². The van der Waals surface area contributed by atoms with E-state index in [1.807, 2.05) is 20.8 Å². The molecular formula is C7H13NO. The molecular weight excluding hydrogens is 114 g/mol. The second-order valence-electron chi connectivity index (χ2n) is 2.99. The molecule has 0 radical (unpaired) electrons. The summed E-state index contributed by atoms with van der Waals surface area (Å²) in [4.78, 5) is 0. The normalized spacial score (nSPS) is 25.2. The highest BCUT2D eigenvalue weighted by atomic mass is 16.5. The molecule has 2 nitrogen and oxygen atoms in total. The van der Waals surface area contributed by atoms with Gasteiger partial charge in [0.1, 0.15) is 5.60 Å². The number of nitrogens with two attached hydrogens (primary N) is 1. The van der Waals surface area contributed by atoms with Gasteiger partial charge in [-0.2, -0.15) is 0 Å². The van der Waals surface area contributed by atoms with Crippen molar-refractivity contribution in [3.05, 3.63) is 11.3 Å². The van der Waals surface area contributed by atoms with Crippen LogP contribution in [0.15, 0.2) is 11.3 Å². The van der Waals surface area contributed by atoms with Crippen LogP contribution >= 0.6 is 0 Å². The van der Waals surface area contributed by atoms with Crippen molar-refractivity contribution in [1.29, 1.82) is 0 Å². The second kappa shape index (κ2) is 1.74. The summed E-state index contributed by atoms with van der Waals surface area (Å²) in [5.74, 6) is 0. The first-order chi connectivity index (χ1) is 4.04. The fourth-order valence-electron chi connectivity index (χ4n) is 0.958. The lowest BCUT2D eigenvalue weighted by Gasteiger charge is -2.18. The zero-order valence-corrected chi connectivity index (χ0v) is 6.19. The third kappa shape index (κ3) is 0.944. The molecule has 0 aliphatic carbocycles. The molecule has 9 heavy (non-hydrogen) atoms. The molecule has 0 saturated heterocycles. The molecule has 2 N–H and O–H groups in total. The van der Waals surface area contributed by atoms with Crippen LogP contribution in [0.25, 0.3) is 0 Å². The van der Waals surface area contributed by atoms with Crippen molar-refractivity contribution in [2.24, 2.45) is 5.73 Å². The molecule has 0 unspecified atom stereocenters. The van der Waals surface area contributed by atoms with Gasteiger partial charge in [-0.3, -0.25) is 0 Å². The van der Waals surface area contributed by atoms with Crippen molar-refractivity contribution in [2.45, 2.75) is 26.4 Å². The molecule has 0 fully saturated rings. The molecule has 0 bridgehead atoms. The summed E-state index contributed by atoms with van der Waals surface area (Å²) in [6.07, 6.45) is 0. The van der Waals surface area contributed by atoms with Gasteiger partial charge in [0, 0.05) is 5.70 Å². The number of ether oxygens (including phenoxy) is 1. The molecule has 0 spiro atoms. The molecule has 1 aliphatic heterocycles. The zero-order chi connectivity index (χ0) is 7.07. The van der Waals surface area contributed by atoms with Crippen LogP contribution in [0.1, 0.15) is 20.8 Å². The molecule has 0 amide bonds. The number of hydrogen-bond acceptors (Lipinski definition) is 2. The molecule has 2 heteroatoms. The summed E-state index contributed by atoms with van der Waals surface area (Å²) >= 11 is 0. The van der Waals surface area contributed by atoms with E-state index >= 15 is 0 Å². The average molecular weight is 127 g/mol. The van der Waals surface area contributed by atoms with E-state index in [9.17, 15) is 0 Å². The molecule has 0 aromatic heterocycles. The lowest BCUT2D eigenvalue weighted by Crippen LogP contribution is -2.26. The Labute approximate surface area is 55.7 Å². The van der Waals surface area contributed by atoms with Gasteiger partial charge in [0.2, 0.25) is 0 Å². The Morgan fingerprint density at radius 3 is 2.22 bits per heavy atom. The van der Waals surface area contributed by atoms with E-state index in [4.69, 9.17) is 10.5 Å². The van der Waals surface area contributed by atoms with Gasteiger partial charge in [0.05, 0.1) is 6.61 Å². The fourth-order valence-corrected chi connectivity index (χ4v) is 0.958. The first kappa shape index (κ1) is 6.62. The van der Waals surface area contributed by atoms with Gasteiger partial charge in [-0.1, -0.05) is 0 Å². The minimum atomic E-state index is -0.218. The van der Waals surface area contributed by atoms with Crippen LogP contribution < -0.4 is 5.73 Å². The van der Waals surface area contributed by atoms with Crippen LogP contribution in [0.4, 0.5) is 0 Å². The Hall–Kier alpha value is -0.500. The van der Waals surface area contributed by atoms with Crippen LogP contribution in [0.2, 0.25) is 0 Å². The molecule has 1 heterocycles. The average Bonchev–Trinajstić information content (AvgIpc) is 1.97. The van der Waals surface area contributed by atoms with Gasteiger partial charge in [0.15, 0.2) is 0 Å². The Morgan fingerprint density at radius 2 is 2.11 bits per heavy atom. The van der Waals surface area contributed by atoms with E-state index in [0.29, 0.717) is 6.61 Å². The van der Waals surface area contributed by atoms with E-state index in [1.54, 1.807) is 0 Å². The van der Waals surface area contributed by atoms with Crippen LogP contribution in [-0.4, -0.2) is 12.2 Å². The summed E-state index contributed by atoms with van der Waals surface area (Å²) in [5, 5.41) is 0. The van der Waals surface area contributed by atoms with E-state index < -0.39 is 0 Å². The summed E-state index contributed by atoms with van der Waals surface area (Å²) < 4.78 is 5.37. The van der Waals surface area contributed by atoms with Crippen molar-refractivity contribution in [3.63, 3.8) is 0 Å². The van der Waals surface area contributed by atoms with Crippen molar-refractivity contribution >= 4 is 0 Å². The van der Waals surface area contributed by atoms with Gasteiger partial charge in [-0.05, 0) is 26.3 Å². The molecule has 1 aliphatic rings. The van der Waals surface area contributed by atoms with E-state index in [-0.39, 0.29) is 5.60 Å². The summed E-state index contributed by atoms with van der Waals surface area (Å²) in [7, 11) is 0. The molecule has 52 valence electrons. The van der Waals surface area contributed by atoms with Crippen molar-refractivity contribution < 1.29 is 4.74 Å². The van der Waals surface area contributed by atoms with Crippen LogP contribution in [0, 0.1) is 0 Å².